The SMILES string of the molecule is COc1ccc(C(=O)CN(C)S(=O)(=O)c2ccc(-c3ncnc4ccc(-c5cn(C(c6ccccc6)(c6ccccc6)c6ccccc6)nc5-c5ccc(F)cc5)cc34)s2)cc1. The molecule has 0 radical (unpaired) electrons. The predicted molar refractivity (Wildman–Crippen MR) is 241 cm³/mol. The van der Waals surface area contributed by atoms with Crippen molar-refractivity contribution in [1.82, 2.24) is 24.1 Å². The number of sulfonamides is 1. The van der Waals surface area contributed by atoms with Crippen LogP contribution in [-0.4, -0.2) is 59.0 Å². The Morgan fingerprint density at radius 2 is 1.32 bits per heavy atom. The Morgan fingerprint density at radius 3 is 1.92 bits per heavy atom. The van der Waals surface area contributed by atoms with Crippen LogP contribution in [0.3, 0.4) is 0 Å². The molecule has 6 aromatic carbocycles. The topological polar surface area (TPSA) is 107 Å². The van der Waals surface area contributed by atoms with E-state index in [4.69, 9.17) is 9.84 Å². The summed E-state index contributed by atoms with van der Waals surface area (Å²) in [6.07, 6.45) is 3.50. The van der Waals surface area contributed by atoms with E-state index in [0.29, 0.717) is 38.5 Å². The zero-order chi connectivity index (χ0) is 42.8. The first-order chi connectivity index (χ1) is 30.2. The monoisotopic (exact) mass is 855 g/mol. The Hall–Kier alpha value is -7.12. The van der Waals surface area contributed by atoms with Crippen LogP contribution in [0.1, 0.15) is 27.0 Å². The van der Waals surface area contributed by atoms with Crippen molar-refractivity contribution in [3.8, 4) is 38.7 Å². The molecule has 12 heteroatoms. The molecule has 0 saturated carbocycles. The first-order valence-corrected chi connectivity index (χ1v) is 21.9. The maximum atomic E-state index is 14.4. The molecule has 9 aromatic rings. The molecule has 0 spiro atoms. The van der Waals surface area contributed by atoms with E-state index in [1.165, 1.54) is 38.7 Å². The Kier molecular flexibility index (Phi) is 10.9. The second-order valence-corrected chi connectivity index (χ2v) is 18.0. The van der Waals surface area contributed by atoms with Gasteiger partial charge >= 0.3 is 0 Å². The number of hydrogen-bond acceptors (Lipinski definition) is 8. The molecule has 0 unspecified atom stereocenters. The van der Waals surface area contributed by atoms with Crippen LogP contribution in [0.2, 0.25) is 0 Å². The number of aromatic nitrogens is 4. The van der Waals surface area contributed by atoms with Crippen molar-refractivity contribution in [2.45, 2.75) is 9.75 Å². The van der Waals surface area contributed by atoms with E-state index >= 15 is 0 Å². The summed E-state index contributed by atoms with van der Waals surface area (Å²) < 4.78 is 50.4. The number of nitrogens with zero attached hydrogens (tertiary/aromatic N) is 5. The van der Waals surface area contributed by atoms with Gasteiger partial charge in [-0.25, -0.2) is 22.8 Å². The van der Waals surface area contributed by atoms with Crippen molar-refractivity contribution >= 4 is 38.0 Å². The van der Waals surface area contributed by atoms with Crippen molar-refractivity contribution < 1.29 is 22.3 Å². The minimum Gasteiger partial charge on any atom is -0.497 e. The van der Waals surface area contributed by atoms with Gasteiger partial charge in [0, 0.05) is 35.3 Å². The van der Waals surface area contributed by atoms with Crippen molar-refractivity contribution in [2.75, 3.05) is 20.7 Å². The van der Waals surface area contributed by atoms with Crippen LogP contribution in [0.15, 0.2) is 187 Å². The van der Waals surface area contributed by atoms with E-state index in [0.717, 1.165) is 49.0 Å². The van der Waals surface area contributed by atoms with Crippen LogP contribution in [0.5, 0.6) is 5.75 Å². The lowest BCUT2D eigenvalue weighted by Gasteiger charge is -2.36. The van der Waals surface area contributed by atoms with Gasteiger partial charge in [-0.15, -0.1) is 11.3 Å². The molecular formula is C50H38FN5O4S2. The molecule has 0 fully saturated rings. The highest BCUT2D eigenvalue weighted by atomic mass is 32.2. The molecule has 0 amide bonds. The Labute approximate surface area is 362 Å². The van der Waals surface area contributed by atoms with Gasteiger partial charge in [0.1, 0.15) is 33.3 Å². The van der Waals surface area contributed by atoms with E-state index in [9.17, 15) is 17.6 Å². The minimum absolute atomic E-state index is 0.0689. The van der Waals surface area contributed by atoms with Crippen LogP contribution >= 0.6 is 11.3 Å². The molecule has 0 aliphatic carbocycles. The van der Waals surface area contributed by atoms with E-state index < -0.39 is 15.6 Å². The van der Waals surface area contributed by atoms with Crippen molar-refractivity contribution in [3.63, 3.8) is 0 Å². The molecule has 306 valence electrons. The van der Waals surface area contributed by atoms with Gasteiger partial charge in [-0.05, 0) is 95.1 Å². The molecule has 62 heavy (non-hydrogen) atoms. The number of halogens is 1. The third-order valence-corrected chi connectivity index (χ3v) is 14.3. The molecule has 0 saturated heterocycles. The Bertz CT molecular complexity index is 3040. The van der Waals surface area contributed by atoms with Gasteiger partial charge < -0.3 is 4.74 Å². The van der Waals surface area contributed by atoms with Gasteiger partial charge in [-0.3, -0.25) is 9.48 Å². The molecule has 0 aliphatic rings. The average Bonchev–Trinajstić information content (AvgIpc) is 4.00. The van der Waals surface area contributed by atoms with Crippen LogP contribution in [0.25, 0.3) is 43.9 Å². The minimum atomic E-state index is -4.04. The van der Waals surface area contributed by atoms with Gasteiger partial charge in [0.05, 0.1) is 29.7 Å². The number of methoxy groups -OCH3 is 1. The number of hydrogen-bond donors (Lipinski definition) is 0. The number of rotatable bonds is 13. The van der Waals surface area contributed by atoms with Gasteiger partial charge in [0.25, 0.3) is 10.0 Å². The van der Waals surface area contributed by atoms with Crippen LogP contribution in [0, 0.1) is 5.82 Å². The van der Waals surface area contributed by atoms with E-state index in [1.54, 1.807) is 42.5 Å². The fraction of sp³-hybridized carbons (Fsp3) is 0.0800. The lowest BCUT2D eigenvalue weighted by Crippen LogP contribution is -2.38. The molecule has 3 aromatic heterocycles. The maximum absolute atomic E-state index is 14.4. The number of carbonyl (C=O) groups is 1. The number of ketones is 1. The molecule has 3 heterocycles. The van der Waals surface area contributed by atoms with Gasteiger partial charge in [-0.2, -0.15) is 9.40 Å². The second-order valence-electron chi connectivity index (χ2n) is 14.6. The van der Waals surface area contributed by atoms with E-state index in [2.05, 4.69) is 46.4 Å². The normalized spacial score (nSPS) is 11.9. The highest BCUT2D eigenvalue weighted by Crippen LogP contribution is 2.44. The van der Waals surface area contributed by atoms with Crippen molar-refractivity contribution in [3.05, 3.63) is 210 Å². The Morgan fingerprint density at radius 1 is 0.726 bits per heavy atom. The lowest BCUT2D eigenvalue weighted by atomic mass is 9.77. The fourth-order valence-electron chi connectivity index (χ4n) is 7.83. The molecule has 0 bridgehead atoms. The summed E-state index contributed by atoms with van der Waals surface area (Å²) in [5.74, 6) is -0.110. The lowest BCUT2D eigenvalue weighted by molar-refractivity contribution is 0.0973. The van der Waals surface area contributed by atoms with Crippen molar-refractivity contribution in [1.29, 1.82) is 0 Å². The van der Waals surface area contributed by atoms with E-state index in [-0.39, 0.29) is 22.4 Å². The van der Waals surface area contributed by atoms with Crippen LogP contribution < -0.4 is 4.74 Å². The summed E-state index contributed by atoms with van der Waals surface area (Å²) >= 11 is 1.07. The highest BCUT2D eigenvalue weighted by molar-refractivity contribution is 7.91. The summed E-state index contributed by atoms with van der Waals surface area (Å²) in [5.41, 5.74) is 6.55. The average molecular weight is 856 g/mol. The Balaban J connectivity index is 1.16. The predicted octanol–water partition coefficient (Wildman–Crippen LogP) is 10.4. The molecule has 0 atom stereocenters. The number of benzene rings is 6. The molecule has 9 rings (SSSR count). The number of ether oxygens (including phenoxy) is 1. The third kappa shape index (κ3) is 7.38. The maximum Gasteiger partial charge on any atom is 0.252 e. The molecule has 0 aliphatic heterocycles. The summed E-state index contributed by atoms with van der Waals surface area (Å²) in [5, 5.41) is 6.10. The van der Waals surface area contributed by atoms with Crippen LogP contribution in [-0.2, 0) is 15.6 Å². The molecular weight excluding hydrogens is 818 g/mol. The summed E-state index contributed by atoms with van der Waals surface area (Å²) in [6, 6.07) is 52.7. The summed E-state index contributed by atoms with van der Waals surface area (Å²) in [6.45, 7) is -0.341. The van der Waals surface area contributed by atoms with E-state index in [1.807, 2.05) is 83.7 Å². The zero-order valence-corrected chi connectivity index (χ0v) is 35.2. The smallest absolute Gasteiger partial charge is 0.252 e. The molecule has 0 N–H and O–H groups in total. The van der Waals surface area contributed by atoms with Gasteiger partial charge in [-0.1, -0.05) is 97.1 Å². The number of likely N-dealkylation sites (N-methyl/N-ethyl adjacent to an activating group) is 1. The number of Topliss-reactive ketones (excluding diaryl/α,β-unsaturated/α-hetero) is 1. The quantitative estimate of drug-likeness (QED) is 0.0839. The summed E-state index contributed by atoms with van der Waals surface area (Å²) in [4.78, 5) is 22.9. The number of carbonyl (C=O) groups excluding carboxylic acids is 1. The van der Waals surface area contributed by atoms with Crippen LogP contribution in [0.4, 0.5) is 4.39 Å². The number of thiophene rings is 1. The third-order valence-electron chi connectivity index (χ3n) is 11.0. The fourth-order valence-corrected chi connectivity index (χ4v) is 10.5. The second kappa shape index (κ2) is 16.7. The first kappa shape index (κ1) is 40.3. The highest BCUT2D eigenvalue weighted by Gasteiger charge is 2.40. The summed E-state index contributed by atoms with van der Waals surface area (Å²) in [7, 11) is -1.11. The number of fused-ring (bicyclic) bond motifs is 1. The van der Waals surface area contributed by atoms with Gasteiger partial charge in [0.2, 0.25) is 0 Å². The first-order valence-electron chi connectivity index (χ1n) is 19.7. The zero-order valence-electron chi connectivity index (χ0n) is 33.6. The largest absolute Gasteiger partial charge is 0.497 e. The van der Waals surface area contributed by atoms with Gasteiger partial charge in [0.15, 0.2) is 5.78 Å². The van der Waals surface area contributed by atoms with Crippen molar-refractivity contribution in [2.24, 2.45) is 0 Å². The standard InChI is InChI=1S/C50H38FN5O4S2/c1-55(32-45(57)34-20-25-41(60-2)26-21-34)62(58,59)47-29-28-46(61-47)49-42-30-36(22-27-44(42)52-33-53-49)43-31-56(54-48(43)35-18-23-40(51)24-19-35)50(37-12-6-3-7-13-37,38-14-8-4-9-15-38)39-16-10-5-11-17-39/h3-31,33H,32H2,1-2H3. The molecule has 9 nitrogen and oxygen atoms in total.